The lowest BCUT2D eigenvalue weighted by Gasteiger charge is -2.39. The zero-order valence-corrected chi connectivity index (χ0v) is 12.0. The largest absolute Gasteiger partial charge is 0.458 e. The molecule has 0 aromatic carbocycles. The molecule has 6 nitrogen and oxygen atoms in total. The van der Waals surface area contributed by atoms with E-state index in [1.165, 1.54) is 0 Å². The Bertz CT molecular complexity index is 590. The van der Waals surface area contributed by atoms with Crippen molar-refractivity contribution in [2.45, 2.75) is 26.7 Å². The molecular weight excluding hydrogens is 254 g/mol. The maximum absolute atomic E-state index is 5.89. The molecule has 0 spiro atoms. The van der Waals surface area contributed by atoms with Crippen molar-refractivity contribution in [1.82, 2.24) is 15.2 Å². The van der Waals surface area contributed by atoms with E-state index in [2.05, 4.69) is 27.0 Å². The summed E-state index contributed by atoms with van der Waals surface area (Å²) in [6.45, 7) is 6.71. The predicted octanol–water partition coefficient (Wildman–Crippen LogP) is 1.94. The molecule has 0 saturated carbocycles. The van der Waals surface area contributed by atoms with Gasteiger partial charge in [0.2, 0.25) is 5.95 Å². The third-order valence-corrected chi connectivity index (χ3v) is 4.00. The van der Waals surface area contributed by atoms with Gasteiger partial charge in [-0.2, -0.15) is 4.98 Å². The van der Waals surface area contributed by atoms with Crippen molar-refractivity contribution in [2.24, 2.45) is 11.1 Å². The van der Waals surface area contributed by atoms with Gasteiger partial charge in [0.05, 0.1) is 0 Å². The van der Waals surface area contributed by atoms with Crippen LogP contribution < -0.4 is 10.6 Å². The Labute approximate surface area is 118 Å². The van der Waals surface area contributed by atoms with Crippen molar-refractivity contribution >= 4 is 5.95 Å². The van der Waals surface area contributed by atoms with Crippen LogP contribution in [0.2, 0.25) is 0 Å². The Balaban J connectivity index is 1.80. The summed E-state index contributed by atoms with van der Waals surface area (Å²) in [6, 6.07) is 3.82. The molecule has 1 saturated heterocycles. The van der Waals surface area contributed by atoms with E-state index in [1.54, 1.807) is 0 Å². The minimum atomic E-state index is 0.153. The minimum Gasteiger partial charge on any atom is -0.458 e. The van der Waals surface area contributed by atoms with Crippen LogP contribution >= 0.6 is 0 Å². The summed E-state index contributed by atoms with van der Waals surface area (Å²) in [7, 11) is 0. The lowest BCUT2D eigenvalue weighted by atomic mass is 9.82. The highest BCUT2D eigenvalue weighted by Gasteiger charge is 2.31. The average molecular weight is 275 g/mol. The van der Waals surface area contributed by atoms with Gasteiger partial charge >= 0.3 is 0 Å². The molecule has 2 aromatic rings. The Morgan fingerprint density at radius 1 is 1.50 bits per heavy atom. The molecular formula is C14H21N5O. The predicted molar refractivity (Wildman–Crippen MR) is 77.4 cm³/mol. The van der Waals surface area contributed by atoms with Crippen molar-refractivity contribution in [3.8, 4) is 11.6 Å². The molecule has 108 valence electrons. The number of aromatic amines is 1. The molecule has 1 fully saturated rings. The lowest BCUT2D eigenvalue weighted by Crippen LogP contribution is -2.46. The third kappa shape index (κ3) is 2.43. The Morgan fingerprint density at radius 2 is 2.35 bits per heavy atom. The van der Waals surface area contributed by atoms with Crippen LogP contribution in [0, 0.1) is 12.3 Å². The van der Waals surface area contributed by atoms with Crippen LogP contribution in [-0.4, -0.2) is 34.8 Å². The molecule has 0 amide bonds. The zero-order valence-electron chi connectivity index (χ0n) is 12.0. The Morgan fingerprint density at radius 3 is 3.05 bits per heavy atom. The van der Waals surface area contributed by atoms with E-state index in [4.69, 9.17) is 10.2 Å². The summed E-state index contributed by atoms with van der Waals surface area (Å²) in [5.41, 5.74) is 6.04. The van der Waals surface area contributed by atoms with Crippen LogP contribution in [0.4, 0.5) is 5.95 Å². The average Bonchev–Trinajstić information content (AvgIpc) is 3.07. The zero-order chi connectivity index (χ0) is 14.2. The molecule has 3 heterocycles. The van der Waals surface area contributed by atoms with E-state index in [0.717, 1.165) is 43.4 Å². The van der Waals surface area contributed by atoms with Crippen LogP contribution in [-0.2, 0) is 0 Å². The molecule has 20 heavy (non-hydrogen) atoms. The number of aryl methyl sites for hydroxylation is 1. The van der Waals surface area contributed by atoms with E-state index >= 15 is 0 Å². The van der Waals surface area contributed by atoms with Gasteiger partial charge in [-0.15, -0.1) is 5.10 Å². The van der Waals surface area contributed by atoms with Crippen molar-refractivity contribution in [1.29, 1.82) is 0 Å². The van der Waals surface area contributed by atoms with E-state index in [1.807, 2.05) is 19.1 Å². The van der Waals surface area contributed by atoms with Gasteiger partial charge in [-0.05, 0) is 43.9 Å². The highest BCUT2D eigenvalue weighted by atomic mass is 16.3. The first-order chi connectivity index (χ1) is 9.59. The lowest BCUT2D eigenvalue weighted by molar-refractivity contribution is 0.270. The fourth-order valence-corrected chi connectivity index (χ4v) is 2.72. The Kier molecular flexibility index (Phi) is 3.25. The Hall–Kier alpha value is -1.82. The van der Waals surface area contributed by atoms with Crippen LogP contribution in [0.1, 0.15) is 25.5 Å². The third-order valence-electron chi connectivity index (χ3n) is 4.00. The molecule has 1 atom stereocenters. The first-order valence-corrected chi connectivity index (χ1v) is 7.04. The molecule has 1 unspecified atom stereocenters. The van der Waals surface area contributed by atoms with Gasteiger partial charge in [-0.25, -0.2) is 0 Å². The maximum Gasteiger partial charge on any atom is 0.245 e. The normalized spacial score (nSPS) is 23.2. The topological polar surface area (TPSA) is 84.0 Å². The van der Waals surface area contributed by atoms with Gasteiger partial charge in [0, 0.05) is 13.1 Å². The number of H-pyrrole nitrogens is 1. The van der Waals surface area contributed by atoms with E-state index in [0.29, 0.717) is 12.4 Å². The van der Waals surface area contributed by atoms with E-state index in [9.17, 15) is 0 Å². The van der Waals surface area contributed by atoms with Crippen LogP contribution in [0.5, 0.6) is 0 Å². The number of furan rings is 1. The number of aromatic nitrogens is 3. The fourth-order valence-electron chi connectivity index (χ4n) is 2.72. The second-order valence-corrected chi connectivity index (χ2v) is 5.93. The number of rotatable bonds is 3. The molecule has 1 aliphatic heterocycles. The number of hydrogen-bond donors (Lipinski definition) is 2. The second-order valence-electron chi connectivity index (χ2n) is 5.93. The highest BCUT2D eigenvalue weighted by Crippen LogP contribution is 2.30. The highest BCUT2D eigenvalue weighted by molar-refractivity contribution is 5.49. The summed E-state index contributed by atoms with van der Waals surface area (Å²) in [6.07, 6.45) is 2.28. The first-order valence-electron chi connectivity index (χ1n) is 7.04. The van der Waals surface area contributed by atoms with Gasteiger partial charge < -0.3 is 15.1 Å². The van der Waals surface area contributed by atoms with Crippen molar-refractivity contribution < 1.29 is 4.42 Å². The number of nitrogens with zero attached hydrogens (tertiary/aromatic N) is 3. The van der Waals surface area contributed by atoms with E-state index in [-0.39, 0.29) is 5.41 Å². The molecule has 3 rings (SSSR count). The SMILES string of the molecule is Cc1ccc(-c2nc(N3CCCC(C)(CN)C3)n[nH]2)o1. The van der Waals surface area contributed by atoms with Crippen molar-refractivity contribution in [3.63, 3.8) is 0 Å². The molecule has 1 aliphatic rings. The second kappa shape index (κ2) is 4.94. The van der Waals surface area contributed by atoms with Crippen molar-refractivity contribution in [2.75, 3.05) is 24.5 Å². The summed E-state index contributed by atoms with van der Waals surface area (Å²) in [5.74, 6) is 2.99. The number of nitrogens with two attached hydrogens (primary N) is 1. The monoisotopic (exact) mass is 275 g/mol. The molecule has 3 N–H and O–H groups in total. The van der Waals surface area contributed by atoms with Gasteiger partial charge in [0.15, 0.2) is 11.6 Å². The molecule has 0 aliphatic carbocycles. The summed E-state index contributed by atoms with van der Waals surface area (Å²) >= 11 is 0. The fraction of sp³-hybridized carbons (Fsp3) is 0.571. The molecule has 0 radical (unpaired) electrons. The van der Waals surface area contributed by atoms with E-state index < -0.39 is 0 Å². The quantitative estimate of drug-likeness (QED) is 0.894. The molecule has 0 bridgehead atoms. The van der Waals surface area contributed by atoms with Gasteiger partial charge in [-0.1, -0.05) is 6.92 Å². The summed E-state index contributed by atoms with van der Waals surface area (Å²) < 4.78 is 5.56. The molecule has 6 heteroatoms. The number of piperidine rings is 1. The van der Waals surface area contributed by atoms with Crippen molar-refractivity contribution in [3.05, 3.63) is 17.9 Å². The van der Waals surface area contributed by atoms with Crippen LogP contribution in [0.3, 0.4) is 0 Å². The maximum atomic E-state index is 5.89. The van der Waals surface area contributed by atoms with Gasteiger partial charge in [0.25, 0.3) is 0 Å². The molecule has 2 aromatic heterocycles. The summed E-state index contributed by atoms with van der Waals surface area (Å²) in [4.78, 5) is 6.74. The first kappa shape index (κ1) is 13.2. The minimum absolute atomic E-state index is 0.153. The standard InChI is InChI=1S/C14H21N5O/c1-10-4-5-11(20-10)12-16-13(18-17-12)19-7-3-6-14(2,8-15)9-19/h4-5H,3,6-9,15H2,1-2H3,(H,16,17,18). The summed E-state index contributed by atoms with van der Waals surface area (Å²) in [5, 5.41) is 7.26. The van der Waals surface area contributed by atoms with Crippen LogP contribution in [0.15, 0.2) is 16.5 Å². The smallest absolute Gasteiger partial charge is 0.245 e. The number of anilines is 1. The van der Waals surface area contributed by atoms with Crippen LogP contribution in [0.25, 0.3) is 11.6 Å². The number of nitrogens with one attached hydrogen (secondary N) is 1. The number of hydrogen-bond acceptors (Lipinski definition) is 5. The van der Waals surface area contributed by atoms with Gasteiger partial charge in [-0.3, -0.25) is 5.10 Å². The van der Waals surface area contributed by atoms with Gasteiger partial charge in [0.1, 0.15) is 5.76 Å².